The maximum atomic E-state index is 12.0. The van der Waals surface area contributed by atoms with Crippen molar-refractivity contribution in [3.05, 3.63) is 12.2 Å². The molecule has 2 aliphatic rings. The molecule has 1 nitrogen and oxygen atoms in total. The predicted octanol–water partition coefficient (Wildman–Crippen LogP) is 2.57. The maximum absolute atomic E-state index is 12.0. The average molecular weight is 164 g/mol. The Hall–Kier alpha value is -0.590. The van der Waals surface area contributed by atoms with Crippen LogP contribution >= 0.6 is 0 Å². The quantitative estimate of drug-likeness (QED) is 0.503. The highest BCUT2D eigenvalue weighted by molar-refractivity contribution is 5.95. The third kappa shape index (κ3) is 0.825. The summed E-state index contributed by atoms with van der Waals surface area (Å²) < 4.78 is 0. The van der Waals surface area contributed by atoms with Gasteiger partial charge in [0.2, 0.25) is 0 Å². The maximum Gasteiger partial charge on any atom is 0.148 e. The van der Waals surface area contributed by atoms with Crippen LogP contribution in [0.25, 0.3) is 0 Å². The van der Waals surface area contributed by atoms with Gasteiger partial charge in [-0.05, 0) is 18.8 Å². The first-order valence-electron chi connectivity index (χ1n) is 4.72. The number of ketones is 1. The van der Waals surface area contributed by atoms with Gasteiger partial charge in [0.25, 0.3) is 0 Å². The molecule has 2 aliphatic carbocycles. The fraction of sp³-hybridized carbons (Fsp3) is 0.727. The van der Waals surface area contributed by atoms with E-state index in [4.69, 9.17) is 0 Å². The normalized spacial score (nSPS) is 43.6. The van der Waals surface area contributed by atoms with Gasteiger partial charge in [-0.25, -0.2) is 0 Å². The third-order valence-corrected chi connectivity index (χ3v) is 3.44. The van der Waals surface area contributed by atoms with Crippen LogP contribution in [0, 0.1) is 16.7 Å². The Kier molecular flexibility index (Phi) is 1.35. The van der Waals surface area contributed by atoms with Crippen LogP contribution in [0.15, 0.2) is 12.2 Å². The second-order valence-corrected chi connectivity index (χ2v) is 4.97. The van der Waals surface area contributed by atoms with Gasteiger partial charge in [0, 0.05) is 5.41 Å². The molecule has 0 bridgehead atoms. The van der Waals surface area contributed by atoms with Crippen LogP contribution in [-0.4, -0.2) is 5.78 Å². The molecule has 66 valence electrons. The van der Waals surface area contributed by atoms with E-state index in [9.17, 15) is 4.79 Å². The molecular weight excluding hydrogens is 148 g/mol. The van der Waals surface area contributed by atoms with E-state index >= 15 is 0 Å². The van der Waals surface area contributed by atoms with Crippen molar-refractivity contribution < 1.29 is 4.79 Å². The van der Waals surface area contributed by atoms with Gasteiger partial charge in [0.15, 0.2) is 0 Å². The van der Waals surface area contributed by atoms with Gasteiger partial charge < -0.3 is 0 Å². The molecule has 0 saturated heterocycles. The lowest BCUT2D eigenvalue weighted by atomic mass is 9.72. The second kappa shape index (κ2) is 2.01. The molecule has 1 heteroatoms. The lowest BCUT2D eigenvalue weighted by molar-refractivity contribution is -0.131. The summed E-state index contributed by atoms with van der Waals surface area (Å²) in [5.41, 5.74) is -0.152. The number of hydrogen-bond donors (Lipinski definition) is 0. The Morgan fingerprint density at radius 3 is 2.50 bits per heavy atom. The van der Waals surface area contributed by atoms with E-state index in [2.05, 4.69) is 32.9 Å². The zero-order valence-electron chi connectivity index (χ0n) is 8.05. The fourth-order valence-electron chi connectivity index (χ4n) is 2.36. The van der Waals surface area contributed by atoms with E-state index in [0.717, 1.165) is 12.8 Å². The third-order valence-electron chi connectivity index (χ3n) is 3.44. The molecule has 0 aliphatic heterocycles. The first kappa shape index (κ1) is 8.03. The highest BCUT2D eigenvalue weighted by Crippen LogP contribution is 2.59. The van der Waals surface area contributed by atoms with Gasteiger partial charge >= 0.3 is 0 Å². The van der Waals surface area contributed by atoms with Gasteiger partial charge in [-0.1, -0.05) is 32.9 Å². The van der Waals surface area contributed by atoms with Gasteiger partial charge in [-0.2, -0.15) is 0 Å². The molecule has 0 radical (unpaired) electrons. The molecule has 1 fully saturated rings. The van der Waals surface area contributed by atoms with Crippen LogP contribution in [0.4, 0.5) is 0 Å². The van der Waals surface area contributed by atoms with Crippen molar-refractivity contribution in [1.82, 2.24) is 0 Å². The molecule has 12 heavy (non-hydrogen) atoms. The summed E-state index contributed by atoms with van der Waals surface area (Å²) in [5, 5.41) is 0. The summed E-state index contributed by atoms with van der Waals surface area (Å²) in [6.07, 6.45) is 6.32. The van der Waals surface area contributed by atoms with E-state index in [0.29, 0.717) is 11.7 Å². The van der Waals surface area contributed by atoms with Crippen LogP contribution in [0.3, 0.4) is 0 Å². The first-order chi connectivity index (χ1) is 5.49. The first-order valence-corrected chi connectivity index (χ1v) is 4.72. The minimum atomic E-state index is -0.112. The number of Topliss-reactive ketones (excluding diaryl/α,β-unsaturated/α-hetero) is 1. The Bertz CT molecular complexity index is 262. The molecule has 2 atom stereocenters. The summed E-state index contributed by atoms with van der Waals surface area (Å²) in [4.78, 5) is 12.0. The summed E-state index contributed by atoms with van der Waals surface area (Å²) in [6.45, 7) is 6.29. The van der Waals surface area contributed by atoms with Crippen molar-refractivity contribution in [2.75, 3.05) is 0 Å². The zero-order valence-corrected chi connectivity index (χ0v) is 8.05. The van der Waals surface area contributed by atoms with E-state index in [1.807, 2.05) is 0 Å². The van der Waals surface area contributed by atoms with Gasteiger partial charge in [-0.15, -0.1) is 0 Å². The number of carbonyl (C=O) groups is 1. The summed E-state index contributed by atoms with van der Waals surface area (Å²) in [7, 11) is 0. The molecule has 1 saturated carbocycles. The van der Waals surface area contributed by atoms with E-state index in [1.165, 1.54) is 0 Å². The summed E-state index contributed by atoms with van der Waals surface area (Å²) >= 11 is 0. The molecule has 1 spiro atoms. The summed E-state index contributed by atoms with van der Waals surface area (Å²) in [6, 6.07) is 0. The van der Waals surface area contributed by atoms with Crippen molar-refractivity contribution in [3.8, 4) is 0 Å². The van der Waals surface area contributed by atoms with Gasteiger partial charge in [0.05, 0.1) is 5.41 Å². The van der Waals surface area contributed by atoms with Crippen LogP contribution in [-0.2, 0) is 4.79 Å². The number of rotatable bonds is 0. The zero-order chi connectivity index (χ0) is 8.98. The molecule has 0 aromatic heterocycles. The molecule has 0 N–H and O–H groups in total. The molecular formula is C11H16O. The monoisotopic (exact) mass is 164 g/mol. The Morgan fingerprint density at radius 2 is 2.08 bits per heavy atom. The standard InChI is InChI=1S/C11H16O/c1-8-7-11(8)6-4-5-10(2,3)9(11)12/h4,6,8H,5,7H2,1-3H3. The SMILES string of the molecule is CC1CC12C=CCC(C)(C)C2=O. The fourth-order valence-corrected chi connectivity index (χ4v) is 2.36. The van der Waals surface area contributed by atoms with Crippen LogP contribution in [0.1, 0.15) is 33.6 Å². The smallest absolute Gasteiger partial charge is 0.148 e. The summed E-state index contributed by atoms with van der Waals surface area (Å²) in [5.74, 6) is 1.05. The second-order valence-electron chi connectivity index (χ2n) is 4.97. The van der Waals surface area contributed by atoms with Gasteiger partial charge in [0.1, 0.15) is 5.78 Å². The largest absolute Gasteiger partial charge is 0.298 e. The minimum Gasteiger partial charge on any atom is -0.298 e. The topological polar surface area (TPSA) is 17.1 Å². The molecule has 0 amide bonds. The lowest BCUT2D eigenvalue weighted by Crippen LogP contribution is -2.34. The van der Waals surface area contributed by atoms with E-state index in [-0.39, 0.29) is 10.8 Å². The Balaban J connectivity index is 2.35. The highest BCUT2D eigenvalue weighted by atomic mass is 16.1. The van der Waals surface area contributed by atoms with Gasteiger partial charge in [-0.3, -0.25) is 4.79 Å². The van der Waals surface area contributed by atoms with E-state index < -0.39 is 0 Å². The lowest BCUT2D eigenvalue weighted by Gasteiger charge is -2.30. The highest BCUT2D eigenvalue weighted by Gasteiger charge is 2.59. The van der Waals surface area contributed by atoms with Crippen molar-refractivity contribution in [2.24, 2.45) is 16.7 Å². The van der Waals surface area contributed by atoms with Crippen molar-refractivity contribution in [2.45, 2.75) is 33.6 Å². The number of carbonyl (C=O) groups excluding carboxylic acids is 1. The van der Waals surface area contributed by atoms with Crippen LogP contribution < -0.4 is 0 Å². The van der Waals surface area contributed by atoms with Crippen molar-refractivity contribution in [1.29, 1.82) is 0 Å². The van der Waals surface area contributed by atoms with Crippen molar-refractivity contribution >= 4 is 5.78 Å². The molecule has 0 heterocycles. The Morgan fingerprint density at radius 1 is 1.50 bits per heavy atom. The molecule has 2 unspecified atom stereocenters. The molecule has 2 rings (SSSR count). The Labute approximate surface area is 73.8 Å². The van der Waals surface area contributed by atoms with Crippen LogP contribution in [0.2, 0.25) is 0 Å². The molecule has 0 aromatic rings. The number of allylic oxidation sites excluding steroid dienone is 2. The number of hydrogen-bond acceptors (Lipinski definition) is 1. The average Bonchev–Trinajstić information content (AvgIpc) is 2.58. The van der Waals surface area contributed by atoms with Crippen molar-refractivity contribution in [3.63, 3.8) is 0 Å². The van der Waals surface area contributed by atoms with Crippen LogP contribution in [0.5, 0.6) is 0 Å². The predicted molar refractivity (Wildman–Crippen MR) is 48.8 cm³/mol. The van der Waals surface area contributed by atoms with E-state index in [1.54, 1.807) is 0 Å². The molecule has 0 aromatic carbocycles. The minimum absolute atomic E-state index is 0.0399.